The zero-order valence-corrected chi connectivity index (χ0v) is 46.5. The van der Waals surface area contributed by atoms with Crippen LogP contribution in [0.25, 0.3) is 22.3 Å². The molecule has 4 aliphatic heterocycles. The summed E-state index contributed by atoms with van der Waals surface area (Å²) in [6, 6.07) is 119. The van der Waals surface area contributed by atoms with Crippen molar-refractivity contribution in [2.24, 2.45) is 0 Å². The molecule has 0 amide bonds. The topological polar surface area (TPSA) is 16.2 Å². The van der Waals surface area contributed by atoms with Gasteiger partial charge in [0.2, 0.25) is 0 Å². The summed E-state index contributed by atoms with van der Waals surface area (Å²) in [5, 5.41) is 0. The van der Waals surface area contributed by atoms with Crippen molar-refractivity contribution in [3.05, 3.63) is 322 Å². The summed E-state index contributed by atoms with van der Waals surface area (Å²) in [6.07, 6.45) is 0. The van der Waals surface area contributed by atoms with Crippen molar-refractivity contribution >= 4 is 132 Å². The molecular formula is C78H53B2N5. The molecule has 7 heteroatoms. The number of hydrogen-bond acceptors (Lipinski definition) is 5. The van der Waals surface area contributed by atoms with Crippen LogP contribution in [0.3, 0.4) is 0 Å². The van der Waals surface area contributed by atoms with Crippen LogP contribution >= 0.6 is 0 Å². The van der Waals surface area contributed by atoms with Gasteiger partial charge in [0.1, 0.15) is 0 Å². The van der Waals surface area contributed by atoms with Gasteiger partial charge in [-0.25, -0.2) is 0 Å². The Balaban J connectivity index is 0.875. The van der Waals surface area contributed by atoms with Crippen LogP contribution < -0.4 is 57.3 Å². The van der Waals surface area contributed by atoms with E-state index < -0.39 is 0 Å². The van der Waals surface area contributed by atoms with Crippen molar-refractivity contribution in [3.63, 3.8) is 0 Å². The van der Waals surface area contributed by atoms with Crippen molar-refractivity contribution in [2.45, 2.75) is 0 Å². The first-order valence-electron chi connectivity index (χ1n) is 29.4. The van der Waals surface area contributed by atoms with Crippen LogP contribution in [-0.4, -0.2) is 13.4 Å². The van der Waals surface area contributed by atoms with E-state index in [0.29, 0.717) is 0 Å². The summed E-state index contributed by atoms with van der Waals surface area (Å²) in [5.74, 6) is 0. The molecule has 5 nitrogen and oxygen atoms in total. The lowest BCUT2D eigenvalue weighted by atomic mass is 9.33. The molecule has 0 saturated carbocycles. The lowest BCUT2D eigenvalue weighted by molar-refractivity contribution is 1.23. The lowest BCUT2D eigenvalue weighted by Gasteiger charge is -2.45. The predicted molar refractivity (Wildman–Crippen MR) is 360 cm³/mol. The minimum atomic E-state index is -0.0587. The molecule has 0 aliphatic carbocycles. The molecular weight excluding hydrogens is 1030 g/mol. The zero-order chi connectivity index (χ0) is 56.0. The molecule has 0 radical (unpaired) electrons. The van der Waals surface area contributed by atoms with Gasteiger partial charge in [-0.1, -0.05) is 200 Å². The van der Waals surface area contributed by atoms with Gasteiger partial charge in [-0.05, 0) is 176 Å². The monoisotopic (exact) mass is 1080 g/mol. The maximum atomic E-state index is 2.51. The summed E-state index contributed by atoms with van der Waals surface area (Å²) < 4.78 is 0. The highest BCUT2D eigenvalue weighted by Crippen LogP contribution is 2.50. The molecule has 13 aromatic carbocycles. The molecule has 4 heterocycles. The van der Waals surface area contributed by atoms with E-state index >= 15 is 0 Å². The fourth-order valence-corrected chi connectivity index (χ4v) is 14.2. The summed E-state index contributed by atoms with van der Waals surface area (Å²) in [6.45, 7) is -0.0511. The molecule has 17 rings (SSSR count). The highest BCUT2D eigenvalue weighted by atomic mass is 15.2. The average Bonchev–Trinajstić information content (AvgIpc) is 2.04. The maximum Gasteiger partial charge on any atom is 0.252 e. The molecule has 0 bridgehead atoms. The van der Waals surface area contributed by atoms with Gasteiger partial charge in [0.25, 0.3) is 13.4 Å². The zero-order valence-electron chi connectivity index (χ0n) is 46.5. The van der Waals surface area contributed by atoms with E-state index in [4.69, 9.17) is 0 Å². The fraction of sp³-hybridized carbons (Fsp3) is 0. The molecule has 85 heavy (non-hydrogen) atoms. The van der Waals surface area contributed by atoms with Crippen molar-refractivity contribution in [1.29, 1.82) is 0 Å². The first kappa shape index (κ1) is 48.7. The highest BCUT2D eigenvalue weighted by molar-refractivity contribution is 7.01. The van der Waals surface area contributed by atoms with E-state index in [1.807, 2.05) is 0 Å². The summed E-state index contributed by atoms with van der Waals surface area (Å²) in [4.78, 5) is 12.4. The van der Waals surface area contributed by atoms with E-state index in [0.717, 1.165) is 62.3 Å². The number of para-hydroxylation sites is 8. The first-order valence-corrected chi connectivity index (χ1v) is 29.4. The Hall–Kier alpha value is -11.0. The van der Waals surface area contributed by atoms with Crippen LogP contribution in [0.4, 0.5) is 85.3 Å². The van der Waals surface area contributed by atoms with Gasteiger partial charge in [0.05, 0.1) is 5.69 Å². The van der Waals surface area contributed by atoms with Gasteiger partial charge < -0.3 is 24.5 Å². The minimum absolute atomic E-state index is 0.00759. The number of anilines is 15. The van der Waals surface area contributed by atoms with Gasteiger partial charge in [-0.15, -0.1) is 0 Å². The third-order valence-corrected chi connectivity index (χ3v) is 17.7. The Morgan fingerprint density at radius 3 is 1.00 bits per heavy atom. The van der Waals surface area contributed by atoms with Crippen LogP contribution in [0, 0.1) is 0 Å². The van der Waals surface area contributed by atoms with Gasteiger partial charge in [-0.2, -0.15) is 0 Å². The highest BCUT2D eigenvalue weighted by Gasteiger charge is 2.46. The van der Waals surface area contributed by atoms with Crippen molar-refractivity contribution in [3.8, 4) is 22.3 Å². The smallest absolute Gasteiger partial charge is 0.252 e. The van der Waals surface area contributed by atoms with Crippen LogP contribution in [0.1, 0.15) is 0 Å². The second-order valence-corrected chi connectivity index (χ2v) is 22.4. The molecule has 0 spiro atoms. The van der Waals surface area contributed by atoms with Crippen LogP contribution in [0.5, 0.6) is 0 Å². The molecule has 0 N–H and O–H groups in total. The number of nitrogens with zero attached hydrogens (tertiary/aromatic N) is 5. The van der Waals surface area contributed by atoms with Crippen molar-refractivity contribution in [2.75, 3.05) is 24.5 Å². The van der Waals surface area contributed by atoms with Crippen LogP contribution in [0.2, 0.25) is 0 Å². The molecule has 0 saturated heterocycles. The Bertz CT molecular complexity index is 4570. The fourth-order valence-electron chi connectivity index (χ4n) is 14.2. The molecule has 0 atom stereocenters. The van der Waals surface area contributed by atoms with E-state index in [1.165, 1.54) is 78.0 Å². The molecule has 0 fully saturated rings. The Labute approximate surface area is 497 Å². The minimum Gasteiger partial charge on any atom is -0.311 e. The molecule has 13 aromatic rings. The normalized spacial score (nSPS) is 13.0. The number of benzene rings is 13. The summed E-state index contributed by atoms with van der Waals surface area (Å²) >= 11 is 0. The Morgan fingerprint density at radius 1 is 0.200 bits per heavy atom. The second-order valence-electron chi connectivity index (χ2n) is 22.4. The number of fused-ring (bicyclic) bond motifs is 8. The number of hydrogen-bond donors (Lipinski definition) is 0. The van der Waals surface area contributed by atoms with E-state index in [-0.39, 0.29) is 13.4 Å². The summed E-state index contributed by atoms with van der Waals surface area (Å²) in [7, 11) is 0. The molecule has 4 aliphatic rings. The second kappa shape index (κ2) is 19.9. The molecule has 0 unspecified atom stereocenters. The molecule has 0 aromatic heterocycles. The Morgan fingerprint density at radius 2 is 0.541 bits per heavy atom. The average molecular weight is 1080 g/mol. The molecule has 396 valence electrons. The first-order chi connectivity index (χ1) is 42.2. The maximum absolute atomic E-state index is 2.51. The van der Waals surface area contributed by atoms with Gasteiger partial charge in [0, 0.05) is 79.6 Å². The Kier molecular flexibility index (Phi) is 11.4. The largest absolute Gasteiger partial charge is 0.311 e. The third kappa shape index (κ3) is 7.81. The standard InChI is InChI=1S/C78H53B2N5/c1-7-26-54(27-8-1)57-50-73-77-74(51-57)85(62-37-17-6-18-38-62)72-47-46-56(49-68(72)80(77)67-42-21-24-45-71(67)82(73)59-31-11-3-12-32-59)55-28-25-39-63(48-55)81(58-29-9-2-10-30-58)64-52-75-78-76(53-64)84(61-35-15-5-16-36-61)70-44-23-20-41-66(70)79(78)65-40-19-22-43-69(65)83(75)60-33-13-4-14-34-60/h1-53H. The number of rotatable bonds is 9. The SMILES string of the molecule is c1ccc(-c2cc3c4c(c2)N(c2ccccc2)c2ccc(-c5cccc(N(c6ccccc6)c6cc7c8c(c6)N(c6ccccc6)c6ccccc6B8c6ccccc6N7c6ccccc6)c5)cc2B4c2ccccc2N3c2ccccc2)cc1. The van der Waals surface area contributed by atoms with Crippen LogP contribution in [0.15, 0.2) is 322 Å². The van der Waals surface area contributed by atoms with E-state index in [9.17, 15) is 0 Å². The quantitative estimate of drug-likeness (QED) is 0.134. The predicted octanol–water partition coefficient (Wildman–Crippen LogP) is 16.7. The van der Waals surface area contributed by atoms with E-state index in [2.05, 4.69) is 346 Å². The van der Waals surface area contributed by atoms with Gasteiger partial charge in [-0.3, -0.25) is 0 Å². The van der Waals surface area contributed by atoms with Crippen molar-refractivity contribution in [1.82, 2.24) is 0 Å². The summed E-state index contributed by atoms with van der Waals surface area (Å²) in [5.41, 5.74) is 29.4. The van der Waals surface area contributed by atoms with E-state index in [1.54, 1.807) is 0 Å². The lowest BCUT2D eigenvalue weighted by Crippen LogP contribution is -2.61. The van der Waals surface area contributed by atoms with Crippen LogP contribution in [-0.2, 0) is 0 Å². The van der Waals surface area contributed by atoms with Gasteiger partial charge >= 0.3 is 0 Å². The third-order valence-electron chi connectivity index (χ3n) is 17.7. The van der Waals surface area contributed by atoms with Crippen molar-refractivity contribution < 1.29 is 0 Å². The van der Waals surface area contributed by atoms with Gasteiger partial charge in [0.15, 0.2) is 0 Å².